The Morgan fingerprint density at radius 3 is 2.57 bits per heavy atom. The van der Waals surface area contributed by atoms with E-state index < -0.39 is 6.29 Å². The highest BCUT2D eigenvalue weighted by molar-refractivity contribution is 7.80. The average molecular weight is 308 g/mol. The van der Waals surface area contributed by atoms with Crippen molar-refractivity contribution in [2.24, 2.45) is 5.73 Å². The topological polar surface area (TPSA) is 56.5 Å². The van der Waals surface area contributed by atoms with Crippen LogP contribution in [0.25, 0.3) is 0 Å². The second-order valence-electron chi connectivity index (χ2n) is 4.36. The molecule has 0 spiro atoms. The van der Waals surface area contributed by atoms with E-state index in [1.54, 1.807) is 24.3 Å². The summed E-state index contributed by atoms with van der Waals surface area (Å²) in [7, 11) is 0. The lowest BCUT2D eigenvalue weighted by molar-refractivity contribution is -0.286. The fourth-order valence-electron chi connectivity index (χ4n) is 1.99. The third-order valence-electron chi connectivity index (χ3n) is 2.87. The van der Waals surface area contributed by atoms with E-state index in [0.717, 1.165) is 0 Å². The molecule has 21 heavy (non-hydrogen) atoms. The third kappa shape index (κ3) is 2.73. The van der Waals surface area contributed by atoms with Crippen LogP contribution >= 0.6 is 12.2 Å². The van der Waals surface area contributed by atoms with Gasteiger partial charge in [0.2, 0.25) is 0 Å². The van der Waals surface area contributed by atoms with Crippen LogP contribution < -0.4 is 20.5 Å². The van der Waals surface area contributed by atoms with E-state index in [-0.39, 0.29) is 16.5 Å². The molecule has 0 saturated heterocycles. The minimum absolute atomic E-state index is 0.00631. The van der Waals surface area contributed by atoms with Gasteiger partial charge in [-0.2, -0.15) is 0 Å². The summed E-state index contributed by atoms with van der Waals surface area (Å²) in [4.78, 5) is 0.241. The number of fused-ring (bicyclic) bond motifs is 1. The summed E-state index contributed by atoms with van der Waals surface area (Å²) >= 11 is 4.97. The van der Waals surface area contributed by atoms with Gasteiger partial charge in [-0.05, 0) is 24.3 Å². The van der Waals surface area contributed by atoms with Gasteiger partial charge in [0.05, 0.1) is 0 Å². The van der Waals surface area contributed by atoms with Gasteiger partial charge in [0, 0.05) is 23.0 Å². The number of rotatable bonds is 3. The van der Waals surface area contributed by atoms with Crippen molar-refractivity contribution in [2.45, 2.75) is 6.29 Å². The van der Waals surface area contributed by atoms with Crippen LogP contribution in [-0.4, -0.2) is 11.3 Å². The molecule has 2 aromatic carbocycles. The van der Waals surface area contributed by atoms with E-state index in [1.807, 2.05) is 6.07 Å². The predicted octanol–water partition coefficient (Wildman–Crippen LogP) is 3.39. The number of anilines is 2. The molecule has 3 rings (SSSR count). The Bertz CT molecular complexity index is 722. The van der Waals surface area contributed by atoms with Crippen LogP contribution in [0.2, 0.25) is 0 Å². The SMILES string of the molecule is NC(=S)c1ccccc1Nc1ccc2c(c1)OC(F)(F)O2. The number of hydrogen-bond donors (Lipinski definition) is 2. The van der Waals surface area contributed by atoms with Crippen LogP contribution in [0.5, 0.6) is 11.5 Å². The number of ether oxygens (including phenoxy) is 2. The summed E-state index contributed by atoms with van der Waals surface area (Å²) < 4.78 is 34.7. The Hall–Kier alpha value is -2.41. The number of nitrogens with one attached hydrogen (secondary N) is 1. The molecule has 0 amide bonds. The molecule has 4 nitrogen and oxygen atoms in total. The van der Waals surface area contributed by atoms with E-state index in [0.29, 0.717) is 16.9 Å². The Balaban J connectivity index is 1.89. The van der Waals surface area contributed by atoms with Crippen molar-refractivity contribution in [3.05, 3.63) is 48.0 Å². The summed E-state index contributed by atoms with van der Waals surface area (Å²) in [6, 6.07) is 11.6. The molecule has 3 N–H and O–H groups in total. The lowest BCUT2D eigenvalue weighted by atomic mass is 10.1. The molecule has 108 valence electrons. The molecule has 1 aliphatic heterocycles. The Morgan fingerprint density at radius 1 is 1.10 bits per heavy atom. The Labute approximate surface area is 124 Å². The lowest BCUT2D eigenvalue weighted by Gasteiger charge is -2.11. The van der Waals surface area contributed by atoms with E-state index in [1.165, 1.54) is 12.1 Å². The van der Waals surface area contributed by atoms with Gasteiger partial charge in [0.15, 0.2) is 11.5 Å². The highest BCUT2D eigenvalue weighted by Crippen LogP contribution is 2.42. The maximum atomic E-state index is 13.0. The first-order valence-electron chi connectivity index (χ1n) is 6.00. The number of nitrogens with two attached hydrogens (primary N) is 1. The van der Waals surface area contributed by atoms with Crippen LogP contribution in [0.4, 0.5) is 20.2 Å². The number of para-hydroxylation sites is 1. The smallest absolute Gasteiger partial charge is 0.395 e. The van der Waals surface area contributed by atoms with Crippen LogP contribution in [0.3, 0.4) is 0 Å². The second kappa shape index (κ2) is 4.85. The Morgan fingerprint density at radius 2 is 1.81 bits per heavy atom. The molecule has 0 fully saturated rings. The summed E-state index contributed by atoms with van der Waals surface area (Å²) in [5, 5.41) is 3.06. The van der Waals surface area contributed by atoms with Gasteiger partial charge in [0.25, 0.3) is 0 Å². The van der Waals surface area contributed by atoms with E-state index >= 15 is 0 Å². The quantitative estimate of drug-likeness (QED) is 0.851. The lowest BCUT2D eigenvalue weighted by Crippen LogP contribution is -2.25. The van der Waals surface area contributed by atoms with Crippen molar-refractivity contribution in [3.63, 3.8) is 0 Å². The van der Waals surface area contributed by atoms with Gasteiger partial charge >= 0.3 is 6.29 Å². The third-order valence-corrected chi connectivity index (χ3v) is 3.09. The minimum atomic E-state index is -3.63. The van der Waals surface area contributed by atoms with E-state index in [9.17, 15) is 8.78 Å². The molecule has 0 saturated carbocycles. The molecular weight excluding hydrogens is 298 g/mol. The van der Waals surface area contributed by atoms with Gasteiger partial charge in [-0.15, -0.1) is 8.78 Å². The molecule has 0 radical (unpaired) electrons. The zero-order valence-corrected chi connectivity index (χ0v) is 11.4. The molecule has 0 aliphatic carbocycles. The summed E-state index contributed by atoms with van der Waals surface area (Å²) in [6.07, 6.45) is -3.63. The number of halogens is 2. The largest absolute Gasteiger partial charge is 0.586 e. The first-order valence-corrected chi connectivity index (χ1v) is 6.41. The first-order chi connectivity index (χ1) is 9.94. The zero-order valence-electron chi connectivity index (χ0n) is 10.6. The molecule has 1 heterocycles. The number of hydrogen-bond acceptors (Lipinski definition) is 4. The van der Waals surface area contributed by atoms with Crippen molar-refractivity contribution >= 4 is 28.6 Å². The minimum Gasteiger partial charge on any atom is -0.395 e. The number of thiocarbonyl (C=S) groups is 1. The Kier molecular flexibility index (Phi) is 3.13. The average Bonchev–Trinajstić information content (AvgIpc) is 2.72. The van der Waals surface area contributed by atoms with E-state index in [2.05, 4.69) is 14.8 Å². The second-order valence-corrected chi connectivity index (χ2v) is 4.80. The van der Waals surface area contributed by atoms with Crippen LogP contribution in [-0.2, 0) is 0 Å². The van der Waals surface area contributed by atoms with Crippen molar-refractivity contribution < 1.29 is 18.3 Å². The van der Waals surface area contributed by atoms with Gasteiger partial charge in [-0.25, -0.2) is 0 Å². The zero-order chi connectivity index (χ0) is 15.0. The molecule has 0 aromatic heterocycles. The maximum Gasteiger partial charge on any atom is 0.586 e. The molecule has 0 unspecified atom stereocenters. The van der Waals surface area contributed by atoms with Crippen molar-refractivity contribution in [1.82, 2.24) is 0 Å². The van der Waals surface area contributed by atoms with Crippen LogP contribution in [0, 0.1) is 0 Å². The molecule has 0 atom stereocenters. The normalized spacial score (nSPS) is 14.8. The summed E-state index contributed by atoms with van der Waals surface area (Å²) in [5.41, 5.74) is 7.53. The monoisotopic (exact) mass is 308 g/mol. The van der Waals surface area contributed by atoms with Gasteiger partial charge < -0.3 is 20.5 Å². The molecule has 1 aliphatic rings. The first kappa shape index (κ1) is 13.6. The summed E-state index contributed by atoms with van der Waals surface area (Å²) in [5.74, 6) is -0.0361. The van der Waals surface area contributed by atoms with Crippen molar-refractivity contribution in [2.75, 3.05) is 5.32 Å². The molecule has 0 bridgehead atoms. The van der Waals surface area contributed by atoms with Crippen molar-refractivity contribution in [3.8, 4) is 11.5 Å². The van der Waals surface area contributed by atoms with Crippen LogP contribution in [0.1, 0.15) is 5.56 Å². The highest BCUT2D eigenvalue weighted by atomic mass is 32.1. The summed E-state index contributed by atoms with van der Waals surface area (Å²) in [6.45, 7) is 0. The standard InChI is InChI=1S/C14H10F2N2O2S/c15-14(16)19-11-6-5-8(7-12(11)20-14)18-10-4-2-1-3-9(10)13(17)21/h1-7,18H,(H2,17,21). The fraction of sp³-hybridized carbons (Fsp3) is 0.0714. The highest BCUT2D eigenvalue weighted by Gasteiger charge is 2.43. The number of alkyl halides is 2. The predicted molar refractivity (Wildman–Crippen MR) is 78.3 cm³/mol. The van der Waals surface area contributed by atoms with Crippen molar-refractivity contribution in [1.29, 1.82) is 0 Å². The van der Waals surface area contributed by atoms with Gasteiger partial charge in [-0.1, -0.05) is 24.4 Å². The maximum absolute atomic E-state index is 13.0. The van der Waals surface area contributed by atoms with Crippen LogP contribution in [0.15, 0.2) is 42.5 Å². The van der Waals surface area contributed by atoms with Gasteiger partial charge in [0.1, 0.15) is 4.99 Å². The molecule has 2 aromatic rings. The fourth-order valence-corrected chi connectivity index (χ4v) is 2.17. The molecule has 7 heteroatoms. The number of benzene rings is 2. The molecular formula is C14H10F2N2O2S. The van der Waals surface area contributed by atoms with E-state index in [4.69, 9.17) is 18.0 Å². The van der Waals surface area contributed by atoms with Gasteiger partial charge in [-0.3, -0.25) is 0 Å².